The third kappa shape index (κ3) is 5.69. The van der Waals surface area contributed by atoms with E-state index in [1.807, 2.05) is 0 Å². The van der Waals surface area contributed by atoms with Gasteiger partial charge in [0.25, 0.3) is 5.92 Å². The van der Waals surface area contributed by atoms with Crippen LogP contribution >= 0.6 is 11.3 Å². The molecule has 0 radical (unpaired) electrons. The van der Waals surface area contributed by atoms with Gasteiger partial charge in [-0.2, -0.15) is 0 Å². The van der Waals surface area contributed by atoms with Crippen LogP contribution in [0.15, 0.2) is 46.0 Å². The number of hydrogen-bond acceptors (Lipinski definition) is 9. The number of thiazole rings is 1. The van der Waals surface area contributed by atoms with Crippen molar-refractivity contribution >= 4 is 29.1 Å². The summed E-state index contributed by atoms with van der Waals surface area (Å²) < 4.78 is 51.4. The van der Waals surface area contributed by atoms with E-state index in [9.17, 15) is 19.1 Å². The Hall–Kier alpha value is -3.29. The molecule has 1 saturated carbocycles. The summed E-state index contributed by atoms with van der Waals surface area (Å²) in [4.78, 5) is 37.4. The number of aliphatic carboxylic acids is 1. The molecule has 2 aromatic rings. The fraction of sp³-hybridized carbons (Fsp3) is 0.533. The molecule has 230 valence electrons. The van der Waals surface area contributed by atoms with Gasteiger partial charge in [0.1, 0.15) is 11.9 Å². The Morgan fingerprint density at radius 3 is 2.79 bits per heavy atom. The fourth-order valence-corrected chi connectivity index (χ4v) is 7.43. The summed E-state index contributed by atoms with van der Waals surface area (Å²) >= 11 is 1.33. The zero-order chi connectivity index (χ0) is 30.5. The summed E-state index contributed by atoms with van der Waals surface area (Å²) in [6.07, 6.45) is 3.33. The van der Waals surface area contributed by atoms with Crippen LogP contribution in [0.25, 0.3) is 0 Å². The van der Waals surface area contributed by atoms with E-state index in [2.05, 4.69) is 10.3 Å². The number of aromatic nitrogens is 1. The Morgan fingerprint density at radius 1 is 1.28 bits per heavy atom. The molecule has 9 nitrogen and oxygen atoms in total. The molecule has 6 rings (SSSR count). The molecule has 3 aliphatic heterocycles. The minimum Gasteiger partial charge on any atom is -0.481 e. The quantitative estimate of drug-likeness (QED) is 0.386. The maximum atomic E-state index is 15.6. The van der Waals surface area contributed by atoms with Gasteiger partial charge in [-0.05, 0) is 62.8 Å². The third-order valence-electron chi connectivity index (χ3n) is 9.03. The number of benzene rings is 1. The number of halogens is 3. The van der Waals surface area contributed by atoms with Gasteiger partial charge in [0.15, 0.2) is 10.8 Å². The van der Waals surface area contributed by atoms with E-state index in [4.69, 9.17) is 9.73 Å². The number of carbonyl (C=O) groups excluding carboxylic acids is 1. The maximum absolute atomic E-state index is 15.6. The molecule has 0 spiro atoms. The van der Waals surface area contributed by atoms with Gasteiger partial charge in [-0.25, -0.2) is 22.9 Å². The lowest BCUT2D eigenvalue weighted by Crippen LogP contribution is -2.45. The Labute approximate surface area is 251 Å². The lowest BCUT2D eigenvalue weighted by Gasteiger charge is -2.31. The van der Waals surface area contributed by atoms with Crippen LogP contribution in [0.1, 0.15) is 48.4 Å². The number of fused-ring (bicyclic) bond motifs is 1. The van der Waals surface area contributed by atoms with Gasteiger partial charge in [0.2, 0.25) is 0 Å². The second-order valence-corrected chi connectivity index (χ2v) is 12.5. The molecule has 1 aromatic heterocycles. The second kappa shape index (κ2) is 11.7. The van der Waals surface area contributed by atoms with E-state index >= 15 is 8.78 Å². The summed E-state index contributed by atoms with van der Waals surface area (Å²) in [6, 6.07) is 2.21. The summed E-state index contributed by atoms with van der Waals surface area (Å²) in [5.41, 5.74) is 1.35. The van der Waals surface area contributed by atoms with Crippen molar-refractivity contribution in [2.45, 2.75) is 57.2 Å². The highest BCUT2D eigenvalue weighted by atomic mass is 32.1. The molecule has 43 heavy (non-hydrogen) atoms. The Morgan fingerprint density at radius 2 is 2.09 bits per heavy atom. The van der Waals surface area contributed by atoms with Crippen LogP contribution in [-0.4, -0.2) is 88.5 Å². The van der Waals surface area contributed by atoms with Crippen molar-refractivity contribution in [3.8, 4) is 0 Å². The van der Waals surface area contributed by atoms with Crippen LogP contribution in [0.4, 0.5) is 13.2 Å². The molecule has 4 aliphatic rings. The summed E-state index contributed by atoms with van der Waals surface area (Å²) in [7, 11) is 0. The van der Waals surface area contributed by atoms with Crippen LogP contribution < -0.4 is 5.32 Å². The fourth-order valence-electron chi connectivity index (χ4n) is 6.84. The maximum Gasteiger partial charge on any atom is 0.338 e. The number of likely N-dealkylation sites (tertiary alicyclic amines) is 2. The van der Waals surface area contributed by atoms with Crippen molar-refractivity contribution in [3.05, 3.63) is 63.0 Å². The predicted molar refractivity (Wildman–Crippen MR) is 153 cm³/mol. The number of alkyl halides is 2. The van der Waals surface area contributed by atoms with Crippen LogP contribution in [0.3, 0.4) is 0 Å². The molecule has 1 aromatic carbocycles. The summed E-state index contributed by atoms with van der Waals surface area (Å²) in [5.74, 6) is -4.86. The van der Waals surface area contributed by atoms with E-state index in [1.54, 1.807) is 47.4 Å². The Kier molecular flexibility index (Phi) is 8.07. The van der Waals surface area contributed by atoms with E-state index in [0.717, 1.165) is 0 Å². The SMILES string of the molecule is CCOC(=O)C1=C(CN2CC(F)(F)[C@H]3[C@@H]2CCN3CC[C@@H]2C[C@H]2C(=O)O)NC(c2nccs2)=N[C@H]1c1cccc(F)c1C. The first kappa shape index (κ1) is 29.8. The second-order valence-electron chi connectivity index (χ2n) is 11.6. The average molecular weight is 618 g/mol. The van der Waals surface area contributed by atoms with Crippen LogP contribution in [0.2, 0.25) is 0 Å². The van der Waals surface area contributed by atoms with Gasteiger partial charge in [-0.3, -0.25) is 19.6 Å². The predicted octanol–water partition coefficient (Wildman–Crippen LogP) is 4.00. The number of ether oxygens (including phenoxy) is 1. The van der Waals surface area contributed by atoms with E-state index in [0.29, 0.717) is 60.0 Å². The molecule has 3 fully saturated rings. The van der Waals surface area contributed by atoms with E-state index < -0.39 is 48.3 Å². The van der Waals surface area contributed by atoms with Crippen LogP contribution in [-0.2, 0) is 14.3 Å². The van der Waals surface area contributed by atoms with Gasteiger partial charge >= 0.3 is 11.9 Å². The smallest absolute Gasteiger partial charge is 0.338 e. The van der Waals surface area contributed by atoms with Gasteiger partial charge < -0.3 is 15.2 Å². The molecule has 13 heteroatoms. The zero-order valence-corrected chi connectivity index (χ0v) is 24.7. The lowest BCUT2D eigenvalue weighted by atomic mass is 9.92. The molecule has 5 atom stereocenters. The lowest BCUT2D eigenvalue weighted by molar-refractivity contribution is -0.139. The highest BCUT2D eigenvalue weighted by Crippen LogP contribution is 2.45. The monoisotopic (exact) mass is 617 g/mol. The normalized spacial score (nSPS) is 28.4. The van der Waals surface area contributed by atoms with Crippen molar-refractivity contribution in [1.29, 1.82) is 0 Å². The molecule has 2 N–H and O–H groups in total. The first-order chi connectivity index (χ1) is 20.6. The average Bonchev–Trinajstić information content (AvgIpc) is 3.26. The van der Waals surface area contributed by atoms with Crippen LogP contribution in [0.5, 0.6) is 0 Å². The number of carboxylic acids is 1. The van der Waals surface area contributed by atoms with Gasteiger partial charge in [-0.1, -0.05) is 12.1 Å². The first-order valence-corrected chi connectivity index (χ1v) is 15.5. The number of hydrogen-bond donors (Lipinski definition) is 2. The summed E-state index contributed by atoms with van der Waals surface area (Å²) in [5, 5.41) is 14.8. The van der Waals surface area contributed by atoms with Crippen molar-refractivity contribution in [2.75, 3.05) is 32.8 Å². The molecule has 0 bridgehead atoms. The van der Waals surface area contributed by atoms with E-state index in [-0.39, 0.29) is 30.6 Å². The molecular formula is C30H34F3N5O4S. The number of esters is 1. The largest absolute Gasteiger partial charge is 0.481 e. The summed E-state index contributed by atoms with van der Waals surface area (Å²) in [6.45, 7) is 3.83. The van der Waals surface area contributed by atoms with Gasteiger partial charge in [-0.15, -0.1) is 11.3 Å². The highest BCUT2D eigenvalue weighted by Gasteiger charge is 2.59. The number of aliphatic imine (C=N–C) groups is 1. The van der Waals surface area contributed by atoms with Crippen molar-refractivity contribution in [1.82, 2.24) is 20.1 Å². The van der Waals surface area contributed by atoms with Crippen molar-refractivity contribution < 1.29 is 32.6 Å². The molecule has 1 aliphatic carbocycles. The number of carboxylic acid groups (broad SMARTS) is 1. The minimum atomic E-state index is -3.00. The minimum absolute atomic E-state index is 0.0116. The van der Waals surface area contributed by atoms with Gasteiger partial charge in [0.05, 0.1) is 30.7 Å². The van der Waals surface area contributed by atoms with E-state index in [1.165, 1.54) is 17.4 Å². The molecule has 0 amide bonds. The molecular weight excluding hydrogens is 583 g/mol. The third-order valence-corrected chi connectivity index (χ3v) is 9.81. The van der Waals surface area contributed by atoms with Crippen molar-refractivity contribution in [3.63, 3.8) is 0 Å². The zero-order valence-electron chi connectivity index (χ0n) is 23.9. The number of rotatable bonds is 10. The standard InChI is InChI=1S/C30H34F3N5O4S/c1-3-42-29(41)23-21(35-26(27-34-9-12-43-27)36-24(23)18-5-4-6-20(31)16(18)2)14-38-15-30(32,33)25-22(38)8-11-37(25)10-7-17-13-19(17)28(39)40/h4-6,9,12,17,19,22,24-25H,3,7-8,10-11,13-15H2,1-2H3,(H,35,36)(H,39,40)/t17-,19-,22+,24+,25-/m1/s1. The topological polar surface area (TPSA) is 107 Å². The number of carbonyl (C=O) groups is 2. The Bertz CT molecular complexity index is 1470. The van der Waals surface area contributed by atoms with Crippen LogP contribution in [0, 0.1) is 24.6 Å². The number of nitrogens with zero attached hydrogens (tertiary/aromatic N) is 4. The molecule has 0 unspecified atom stereocenters. The first-order valence-electron chi connectivity index (χ1n) is 14.6. The highest BCUT2D eigenvalue weighted by molar-refractivity contribution is 7.11. The molecule has 2 saturated heterocycles. The number of amidine groups is 1. The Balaban J connectivity index is 1.32. The van der Waals surface area contributed by atoms with Gasteiger partial charge in [0, 0.05) is 36.4 Å². The molecule has 4 heterocycles. The van der Waals surface area contributed by atoms with Crippen molar-refractivity contribution in [2.24, 2.45) is 16.8 Å². The number of nitrogens with one attached hydrogen (secondary N) is 1.